The summed E-state index contributed by atoms with van der Waals surface area (Å²) in [6.45, 7) is 4.23. The highest BCUT2D eigenvalue weighted by atomic mass is 35.5. The van der Waals surface area contributed by atoms with E-state index in [1.54, 1.807) is 0 Å². The van der Waals surface area contributed by atoms with Gasteiger partial charge in [-0.3, -0.25) is 0 Å². The first kappa shape index (κ1) is 13.7. The fourth-order valence-corrected chi connectivity index (χ4v) is 3.15. The third-order valence-corrected chi connectivity index (χ3v) is 4.30. The van der Waals surface area contributed by atoms with Gasteiger partial charge in [0, 0.05) is 5.02 Å². The van der Waals surface area contributed by atoms with E-state index in [4.69, 9.17) is 17.3 Å². The van der Waals surface area contributed by atoms with Crippen LogP contribution in [0.2, 0.25) is 5.02 Å². The van der Waals surface area contributed by atoms with E-state index >= 15 is 0 Å². The highest BCUT2D eigenvalue weighted by molar-refractivity contribution is 6.31. The van der Waals surface area contributed by atoms with E-state index < -0.39 is 11.7 Å². The van der Waals surface area contributed by atoms with Crippen molar-refractivity contribution in [1.82, 2.24) is 0 Å². The maximum atomic E-state index is 13.0. The van der Waals surface area contributed by atoms with Gasteiger partial charge >= 0.3 is 6.18 Å². The van der Waals surface area contributed by atoms with Gasteiger partial charge in [-0.25, -0.2) is 0 Å². The predicted molar refractivity (Wildman–Crippen MR) is 65.5 cm³/mol. The van der Waals surface area contributed by atoms with Crippen LogP contribution in [-0.2, 0) is 6.18 Å². The summed E-state index contributed by atoms with van der Waals surface area (Å²) in [5, 5.41) is 0.179. The summed E-state index contributed by atoms with van der Waals surface area (Å²) in [6.07, 6.45) is -4.38. The molecular weight excluding hydrogens is 263 g/mol. The number of nitrogens with two attached hydrogens (primary N) is 1. The van der Waals surface area contributed by atoms with Gasteiger partial charge in [0.15, 0.2) is 0 Å². The molecule has 1 saturated carbocycles. The molecule has 18 heavy (non-hydrogen) atoms. The maximum absolute atomic E-state index is 13.0. The van der Waals surface area contributed by atoms with Crippen LogP contribution in [0, 0.1) is 11.3 Å². The molecule has 2 unspecified atom stereocenters. The zero-order valence-corrected chi connectivity index (χ0v) is 10.9. The van der Waals surface area contributed by atoms with Crippen LogP contribution in [0.4, 0.5) is 13.2 Å². The first-order chi connectivity index (χ1) is 8.21. The van der Waals surface area contributed by atoms with Crippen LogP contribution in [0.3, 0.4) is 0 Å². The summed E-state index contributed by atoms with van der Waals surface area (Å²) < 4.78 is 39.0. The smallest absolute Gasteiger partial charge is 0.330 e. The lowest BCUT2D eigenvalue weighted by molar-refractivity contribution is -0.138. The third-order valence-electron chi connectivity index (χ3n) is 3.97. The Hall–Kier alpha value is -0.740. The van der Waals surface area contributed by atoms with Crippen molar-refractivity contribution in [3.8, 4) is 0 Å². The quantitative estimate of drug-likeness (QED) is 0.867. The van der Waals surface area contributed by atoms with E-state index in [9.17, 15) is 13.2 Å². The fraction of sp³-hybridized carbons (Fsp3) is 0.538. The van der Waals surface area contributed by atoms with Crippen LogP contribution in [-0.4, -0.2) is 6.54 Å². The predicted octanol–water partition coefficient (Wildman–Crippen LogP) is 4.06. The summed E-state index contributed by atoms with van der Waals surface area (Å²) in [5.41, 5.74) is 4.97. The van der Waals surface area contributed by atoms with Gasteiger partial charge in [0.25, 0.3) is 0 Å². The zero-order chi connectivity index (χ0) is 13.7. The molecule has 0 aromatic heterocycles. The van der Waals surface area contributed by atoms with Crippen LogP contribution >= 0.6 is 11.6 Å². The van der Waals surface area contributed by atoms with Gasteiger partial charge in [-0.2, -0.15) is 13.2 Å². The first-order valence-electron chi connectivity index (χ1n) is 5.77. The molecule has 1 aromatic carbocycles. The lowest BCUT2D eigenvalue weighted by Gasteiger charge is -2.15. The minimum Gasteiger partial charge on any atom is -0.330 e. The number of rotatable bonds is 2. The minimum atomic E-state index is -4.38. The zero-order valence-electron chi connectivity index (χ0n) is 10.2. The highest BCUT2D eigenvalue weighted by Crippen LogP contribution is 2.66. The van der Waals surface area contributed by atoms with Crippen LogP contribution in [0.15, 0.2) is 18.2 Å². The van der Waals surface area contributed by atoms with Gasteiger partial charge in [0.1, 0.15) is 0 Å². The Bertz CT molecular complexity index is 468. The summed E-state index contributed by atoms with van der Waals surface area (Å²) in [5.74, 6) is -0.161. The molecule has 100 valence electrons. The molecule has 1 aliphatic carbocycles. The lowest BCUT2D eigenvalue weighted by Crippen LogP contribution is -2.10. The molecule has 1 aliphatic rings. The Balaban J connectivity index is 2.52. The van der Waals surface area contributed by atoms with E-state index in [-0.39, 0.29) is 27.8 Å². The highest BCUT2D eigenvalue weighted by Gasteiger charge is 2.59. The molecule has 1 fully saturated rings. The second-order valence-corrected chi connectivity index (χ2v) is 5.75. The molecule has 0 saturated heterocycles. The van der Waals surface area contributed by atoms with E-state index in [0.717, 1.165) is 6.07 Å². The molecular formula is C13H15ClF3N. The van der Waals surface area contributed by atoms with Crippen LogP contribution in [0.1, 0.15) is 30.9 Å². The summed E-state index contributed by atoms with van der Waals surface area (Å²) >= 11 is 5.98. The molecule has 0 amide bonds. The van der Waals surface area contributed by atoms with E-state index in [1.807, 2.05) is 13.8 Å². The van der Waals surface area contributed by atoms with Crippen LogP contribution in [0.5, 0.6) is 0 Å². The van der Waals surface area contributed by atoms with Gasteiger partial charge in [-0.1, -0.05) is 31.5 Å². The van der Waals surface area contributed by atoms with Crippen molar-refractivity contribution >= 4 is 11.6 Å². The molecule has 0 spiro atoms. The SMILES string of the molecule is CC1(C)C(CN)C1c1c(Cl)cccc1C(F)(F)F. The summed E-state index contributed by atoms with van der Waals surface area (Å²) in [7, 11) is 0. The first-order valence-corrected chi connectivity index (χ1v) is 6.14. The molecule has 0 aliphatic heterocycles. The van der Waals surface area contributed by atoms with Crippen molar-refractivity contribution in [2.24, 2.45) is 17.1 Å². The largest absolute Gasteiger partial charge is 0.416 e. The Morgan fingerprint density at radius 2 is 1.94 bits per heavy atom. The Morgan fingerprint density at radius 1 is 1.33 bits per heavy atom. The van der Waals surface area contributed by atoms with Crippen molar-refractivity contribution in [3.05, 3.63) is 34.3 Å². The molecule has 2 rings (SSSR count). The van der Waals surface area contributed by atoms with Crippen molar-refractivity contribution in [2.75, 3.05) is 6.54 Å². The molecule has 1 aromatic rings. The Morgan fingerprint density at radius 3 is 2.39 bits per heavy atom. The number of alkyl halides is 3. The summed E-state index contributed by atoms with van der Waals surface area (Å²) in [4.78, 5) is 0. The number of halogens is 4. The van der Waals surface area contributed by atoms with E-state index in [2.05, 4.69) is 0 Å². The van der Waals surface area contributed by atoms with Crippen molar-refractivity contribution in [2.45, 2.75) is 25.9 Å². The molecule has 0 heterocycles. The van der Waals surface area contributed by atoms with Gasteiger partial charge < -0.3 is 5.73 Å². The molecule has 0 bridgehead atoms. The monoisotopic (exact) mass is 277 g/mol. The second-order valence-electron chi connectivity index (χ2n) is 5.34. The van der Waals surface area contributed by atoms with Gasteiger partial charge in [-0.05, 0) is 41.5 Å². The lowest BCUT2D eigenvalue weighted by atomic mass is 9.97. The standard InChI is InChI=1S/C13H15ClF3N/c1-12(2)8(6-18)11(12)10-7(13(15,16)17)4-3-5-9(10)14/h3-5,8,11H,6,18H2,1-2H3. The molecule has 2 atom stereocenters. The van der Waals surface area contributed by atoms with Gasteiger partial charge in [0.05, 0.1) is 5.56 Å². The van der Waals surface area contributed by atoms with Crippen LogP contribution in [0.25, 0.3) is 0 Å². The van der Waals surface area contributed by atoms with Crippen molar-refractivity contribution in [3.63, 3.8) is 0 Å². The second kappa shape index (κ2) is 4.14. The Labute approximate surface area is 109 Å². The number of hydrogen-bond acceptors (Lipinski definition) is 1. The minimum absolute atomic E-state index is 0.0542. The molecule has 5 heteroatoms. The Kier molecular flexibility index (Phi) is 3.14. The average Bonchev–Trinajstić information content (AvgIpc) is 2.78. The van der Waals surface area contributed by atoms with E-state index in [0.29, 0.717) is 6.54 Å². The van der Waals surface area contributed by atoms with Gasteiger partial charge in [0.2, 0.25) is 0 Å². The van der Waals surface area contributed by atoms with E-state index in [1.165, 1.54) is 12.1 Å². The molecule has 2 N–H and O–H groups in total. The maximum Gasteiger partial charge on any atom is 0.416 e. The topological polar surface area (TPSA) is 26.0 Å². The fourth-order valence-electron chi connectivity index (χ4n) is 2.86. The summed E-state index contributed by atoms with van der Waals surface area (Å²) in [6, 6.07) is 3.93. The average molecular weight is 278 g/mol. The van der Waals surface area contributed by atoms with Crippen molar-refractivity contribution < 1.29 is 13.2 Å². The molecule has 1 nitrogen and oxygen atoms in total. The van der Waals surface area contributed by atoms with Crippen molar-refractivity contribution in [1.29, 1.82) is 0 Å². The number of hydrogen-bond donors (Lipinski definition) is 1. The van der Waals surface area contributed by atoms with Gasteiger partial charge in [-0.15, -0.1) is 0 Å². The number of benzene rings is 1. The molecule has 0 radical (unpaired) electrons. The third kappa shape index (κ3) is 2.01. The van der Waals surface area contributed by atoms with Crippen LogP contribution < -0.4 is 5.73 Å². The normalized spacial score (nSPS) is 26.2.